The first-order chi connectivity index (χ1) is 9.45. The Hall–Kier alpha value is -0.0800. The number of rotatable bonds is 9. The van der Waals surface area contributed by atoms with Crippen molar-refractivity contribution in [3.63, 3.8) is 0 Å². The first-order valence-corrected chi connectivity index (χ1v) is 7.50. The minimum atomic E-state index is 0. The third-order valence-corrected chi connectivity index (χ3v) is 3.11. The number of ether oxygens (including phenoxy) is 2. The predicted octanol–water partition coefficient (Wildman–Crippen LogP) is 2.65. The molecule has 0 aliphatic carbocycles. The molecule has 0 aliphatic rings. The highest BCUT2D eigenvalue weighted by Crippen LogP contribution is 2.20. The third-order valence-electron chi connectivity index (χ3n) is 3.11. The van der Waals surface area contributed by atoms with E-state index in [-0.39, 0.29) is 35.5 Å². The first-order valence-electron chi connectivity index (χ1n) is 7.50. The second-order valence-corrected chi connectivity index (χ2v) is 5.94. The molecule has 1 unspecified atom stereocenters. The third kappa shape index (κ3) is 12.2. The Bertz CT molecular complexity index is 268. The zero-order valence-corrected chi connectivity index (χ0v) is 16.8. The van der Waals surface area contributed by atoms with Crippen LogP contribution in [-0.4, -0.2) is 52.5 Å². The quantitative estimate of drug-likeness (QED) is 0.263. The van der Waals surface area contributed by atoms with E-state index in [1.165, 1.54) is 6.42 Å². The molecule has 2 N–H and O–H groups in total. The zero-order chi connectivity index (χ0) is 15.4. The molecule has 5 nitrogen and oxygen atoms in total. The van der Waals surface area contributed by atoms with Crippen LogP contribution in [0.2, 0.25) is 0 Å². The fourth-order valence-electron chi connectivity index (χ4n) is 1.74. The van der Waals surface area contributed by atoms with Gasteiger partial charge in [-0.1, -0.05) is 34.1 Å². The van der Waals surface area contributed by atoms with E-state index in [0.29, 0.717) is 6.61 Å². The predicted molar refractivity (Wildman–Crippen MR) is 101 cm³/mol. The Kier molecular flexibility index (Phi) is 15.0. The number of hydrogen-bond acceptors (Lipinski definition) is 3. The normalized spacial score (nSPS) is 13.5. The number of aliphatic imine (C=N–C) groups is 1. The van der Waals surface area contributed by atoms with Gasteiger partial charge in [0, 0.05) is 33.9 Å². The monoisotopic (exact) mass is 415 g/mol. The summed E-state index contributed by atoms with van der Waals surface area (Å²) in [4.78, 5) is 4.19. The van der Waals surface area contributed by atoms with Gasteiger partial charge in [-0.3, -0.25) is 4.99 Å². The van der Waals surface area contributed by atoms with E-state index in [9.17, 15) is 0 Å². The van der Waals surface area contributed by atoms with Crippen LogP contribution in [0.15, 0.2) is 4.99 Å². The number of halogens is 1. The Morgan fingerprint density at radius 3 is 2.33 bits per heavy atom. The van der Waals surface area contributed by atoms with Gasteiger partial charge in [0.2, 0.25) is 0 Å². The standard InChI is InChI=1S/C15H33N3O2.HI/c1-7-8-10-20-11-9-17-14(16-5)18-12-13(19-6)15(2,3)4;/h13H,7-12H2,1-6H3,(H2,16,17,18);1H. The number of nitrogens with one attached hydrogen (secondary N) is 2. The molecule has 128 valence electrons. The van der Waals surface area contributed by atoms with Crippen LogP contribution in [0.1, 0.15) is 40.5 Å². The largest absolute Gasteiger partial charge is 0.380 e. The fourth-order valence-corrected chi connectivity index (χ4v) is 1.74. The van der Waals surface area contributed by atoms with Gasteiger partial charge in [0.25, 0.3) is 0 Å². The Morgan fingerprint density at radius 1 is 1.19 bits per heavy atom. The van der Waals surface area contributed by atoms with Crippen LogP contribution in [-0.2, 0) is 9.47 Å². The van der Waals surface area contributed by atoms with E-state index in [4.69, 9.17) is 9.47 Å². The average Bonchev–Trinajstić information content (AvgIpc) is 2.39. The molecule has 0 aromatic rings. The molecule has 0 saturated carbocycles. The van der Waals surface area contributed by atoms with Gasteiger partial charge in [-0.25, -0.2) is 0 Å². The van der Waals surface area contributed by atoms with Gasteiger partial charge >= 0.3 is 0 Å². The van der Waals surface area contributed by atoms with Crippen molar-refractivity contribution in [2.45, 2.75) is 46.6 Å². The SMILES string of the molecule is CCCCOCCNC(=NC)NCC(OC)C(C)(C)C.I. The van der Waals surface area contributed by atoms with Crippen LogP contribution in [0.5, 0.6) is 0 Å². The lowest BCUT2D eigenvalue weighted by Gasteiger charge is -2.30. The maximum Gasteiger partial charge on any atom is 0.191 e. The summed E-state index contributed by atoms with van der Waals surface area (Å²) < 4.78 is 11.0. The van der Waals surface area contributed by atoms with Crippen LogP contribution in [0, 0.1) is 5.41 Å². The van der Waals surface area contributed by atoms with Gasteiger partial charge in [0.1, 0.15) is 0 Å². The van der Waals surface area contributed by atoms with E-state index >= 15 is 0 Å². The summed E-state index contributed by atoms with van der Waals surface area (Å²) in [5.74, 6) is 0.787. The lowest BCUT2D eigenvalue weighted by atomic mass is 9.89. The summed E-state index contributed by atoms with van der Waals surface area (Å²) in [5.41, 5.74) is 0.101. The highest BCUT2D eigenvalue weighted by Gasteiger charge is 2.24. The van der Waals surface area contributed by atoms with Crippen LogP contribution in [0.3, 0.4) is 0 Å². The second-order valence-electron chi connectivity index (χ2n) is 5.94. The molecule has 0 amide bonds. The molecular weight excluding hydrogens is 381 g/mol. The maximum absolute atomic E-state index is 5.51. The summed E-state index contributed by atoms with van der Waals surface area (Å²) in [7, 11) is 3.52. The average molecular weight is 415 g/mol. The van der Waals surface area contributed by atoms with Crippen molar-refractivity contribution in [1.82, 2.24) is 10.6 Å². The van der Waals surface area contributed by atoms with Crippen molar-refractivity contribution >= 4 is 29.9 Å². The number of methoxy groups -OCH3 is 1. The Morgan fingerprint density at radius 2 is 1.86 bits per heavy atom. The highest BCUT2D eigenvalue weighted by molar-refractivity contribution is 14.0. The molecule has 0 aromatic carbocycles. The molecule has 0 bridgehead atoms. The molecule has 1 atom stereocenters. The molecule has 6 heteroatoms. The van der Waals surface area contributed by atoms with Crippen molar-refractivity contribution in [3.8, 4) is 0 Å². The van der Waals surface area contributed by atoms with Gasteiger partial charge < -0.3 is 20.1 Å². The lowest BCUT2D eigenvalue weighted by molar-refractivity contribution is 0.0205. The van der Waals surface area contributed by atoms with E-state index in [0.717, 1.165) is 32.1 Å². The molecule has 0 spiro atoms. The van der Waals surface area contributed by atoms with Crippen LogP contribution >= 0.6 is 24.0 Å². The van der Waals surface area contributed by atoms with Gasteiger partial charge in [-0.15, -0.1) is 24.0 Å². The minimum absolute atomic E-state index is 0. The Labute approximate surface area is 147 Å². The Balaban J connectivity index is 0. The molecule has 0 rings (SSSR count). The van der Waals surface area contributed by atoms with Crippen molar-refractivity contribution < 1.29 is 9.47 Å². The number of nitrogens with zero attached hydrogens (tertiary/aromatic N) is 1. The lowest BCUT2D eigenvalue weighted by Crippen LogP contribution is -2.46. The van der Waals surface area contributed by atoms with Gasteiger partial charge in [-0.05, 0) is 11.8 Å². The van der Waals surface area contributed by atoms with Crippen LogP contribution in [0.4, 0.5) is 0 Å². The van der Waals surface area contributed by atoms with Crippen molar-refractivity contribution in [1.29, 1.82) is 0 Å². The molecule has 0 radical (unpaired) electrons. The number of guanidine groups is 1. The molecule has 0 aromatic heterocycles. The molecule has 0 fully saturated rings. The molecular formula is C15H34IN3O2. The van der Waals surface area contributed by atoms with Gasteiger partial charge in [0.05, 0.1) is 12.7 Å². The molecule has 0 aliphatic heterocycles. The topological polar surface area (TPSA) is 54.9 Å². The first kappa shape index (κ1) is 23.2. The van der Waals surface area contributed by atoms with E-state index in [2.05, 4.69) is 43.3 Å². The summed E-state index contributed by atoms with van der Waals surface area (Å²) in [6.45, 7) is 11.7. The summed E-state index contributed by atoms with van der Waals surface area (Å²) >= 11 is 0. The van der Waals surface area contributed by atoms with Crippen LogP contribution in [0.25, 0.3) is 0 Å². The van der Waals surface area contributed by atoms with E-state index in [1.807, 2.05) is 0 Å². The van der Waals surface area contributed by atoms with E-state index < -0.39 is 0 Å². The second kappa shape index (κ2) is 13.6. The fraction of sp³-hybridized carbons (Fsp3) is 0.933. The van der Waals surface area contributed by atoms with Gasteiger partial charge in [-0.2, -0.15) is 0 Å². The summed E-state index contributed by atoms with van der Waals surface area (Å²) in [6.07, 6.45) is 2.43. The maximum atomic E-state index is 5.51. The van der Waals surface area contributed by atoms with Crippen LogP contribution < -0.4 is 10.6 Å². The zero-order valence-electron chi connectivity index (χ0n) is 14.5. The number of unbranched alkanes of at least 4 members (excludes halogenated alkanes) is 1. The molecule has 0 saturated heterocycles. The van der Waals surface area contributed by atoms with Crippen molar-refractivity contribution in [2.75, 3.05) is 40.5 Å². The minimum Gasteiger partial charge on any atom is -0.380 e. The van der Waals surface area contributed by atoms with Crippen molar-refractivity contribution in [2.24, 2.45) is 10.4 Å². The molecule has 0 heterocycles. The van der Waals surface area contributed by atoms with Crippen molar-refractivity contribution in [3.05, 3.63) is 0 Å². The summed E-state index contributed by atoms with van der Waals surface area (Å²) in [6, 6.07) is 0. The number of hydrogen-bond donors (Lipinski definition) is 2. The smallest absolute Gasteiger partial charge is 0.191 e. The molecule has 21 heavy (non-hydrogen) atoms. The van der Waals surface area contributed by atoms with E-state index in [1.54, 1.807) is 14.2 Å². The highest BCUT2D eigenvalue weighted by atomic mass is 127. The summed E-state index contributed by atoms with van der Waals surface area (Å²) in [5, 5.41) is 6.52. The van der Waals surface area contributed by atoms with Gasteiger partial charge in [0.15, 0.2) is 5.96 Å².